The van der Waals surface area contributed by atoms with Crippen molar-refractivity contribution in [3.8, 4) is 0 Å². The standard InChI is InChI=1S/C17H22O3/c18-17(19)11-16(12-5-6-12)15-4-2-1-3-14(15)13-7-9-20-10-8-13/h1-4,12-13,16H,5-11H2,(H,18,19). The summed E-state index contributed by atoms with van der Waals surface area (Å²) in [6.07, 6.45) is 4.74. The fourth-order valence-electron chi connectivity index (χ4n) is 3.45. The molecule has 3 rings (SSSR count). The molecule has 1 N–H and O–H groups in total. The molecule has 20 heavy (non-hydrogen) atoms. The zero-order chi connectivity index (χ0) is 13.9. The van der Waals surface area contributed by atoms with Gasteiger partial charge in [0, 0.05) is 13.2 Å². The summed E-state index contributed by atoms with van der Waals surface area (Å²) < 4.78 is 5.45. The maximum Gasteiger partial charge on any atom is 0.303 e. The molecule has 0 spiro atoms. The highest BCUT2D eigenvalue weighted by Gasteiger charge is 2.35. The maximum atomic E-state index is 11.2. The van der Waals surface area contributed by atoms with Crippen LogP contribution in [0.4, 0.5) is 0 Å². The van der Waals surface area contributed by atoms with Gasteiger partial charge in [-0.15, -0.1) is 0 Å². The lowest BCUT2D eigenvalue weighted by atomic mass is 9.81. The Morgan fingerprint density at radius 1 is 1.20 bits per heavy atom. The van der Waals surface area contributed by atoms with E-state index in [9.17, 15) is 9.90 Å². The molecule has 1 heterocycles. The molecule has 108 valence electrons. The summed E-state index contributed by atoms with van der Waals surface area (Å²) in [5.74, 6) is 0.636. The lowest BCUT2D eigenvalue weighted by Gasteiger charge is -2.27. The third-order valence-corrected chi connectivity index (χ3v) is 4.64. The van der Waals surface area contributed by atoms with Crippen LogP contribution in [-0.4, -0.2) is 24.3 Å². The van der Waals surface area contributed by atoms with E-state index >= 15 is 0 Å². The molecule has 0 amide bonds. The summed E-state index contributed by atoms with van der Waals surface area (Å²) >= 11 is 0. The van der Waals surface area contributed by atoms with E-state index in [0.717, 1.165) is 26.1 Å². The molecular weight excluding hydrogens is 252 g/mol. The Labute approximate surface area is 120 Å². The van der Waals surface area contributed by atoms with Gasteiger partial charge < -0.3 is 9.84 Å². The van der Waals surface area contributed by atoms with E-state index in [1.165, 1.54) is 24.0 Å². The average molecular weight is 274 g/mol. The first kappa shape index (κ1) is 13.6. The van der Waals surface area contributed by atoms with Crippen molar-refractivity contribution in [3.63, 3.8) is 0 Å². The smallest absolute Gasteiger partial charge is 0.303 e. The van der Waals surface area contributed by atoms with E-state index in [2.05, 4.69) is 24.3 Å². The molecule has 1 unspecified atom stereocenters. The highest BCUT2D eigenvalue weighted by molar-refractivity contribution is 5.68. The van der Waals surface area contributed by atoms with Crippen LogP contribution in [0.15, 0.2) is 24.3 Å². The molecule has 3 nitrogen and oxygen atoms in total. The van der Waals surface area contributed by atoms with Crippen LogP contribution in [0.3, 0.4) is 0 Å². The highest BCUT2D eigenvalue weighted by Crippen LogP contribution is 2.47. The van der Waals surface area contributed by atoms with Gasteiger partial charge in [-0.2, -0.15) is 0 Å². The zero-order valence-corrected chi connectivity index (χ0v) is 11.8. The van der Waals surface area contributed by atoms with Crippen molar-refractivity contribution in [3.05, 3.63) is 35.4 Å². The van der Waals surface area contributed by atoms with Crippen LogP contribution < -0.4 is 0 Å². The lowest BCUT2D eigenvalue weighted by molar-refractivity contribution is -0.137. The fourth-order valence-corrected chi connectivity index (χ4v) is 3.45. The average Bonchev–Trinajstić information content (AvgIpc) is 3.30. The van der Waals surface area contributed by atoms with Crippen LogP contribution in [0.2, 0.25) is 0 Å². The van der Waals surface area contributed by atoms with Gasteiger partial charge >= 0.3 is 5.97 Å². The SMILES string of the molecule is O=C(O)CC(c1ccccc1C1CCOCC1)C1CC1. The third-order valence-electron chi connectivity index (χ3n) is 4.64. The molecule has 2 fully saturated rings. The number of ether oxygens (including phenoxy) is 1. The van der Waals surface area contributed by atoms with E-state index < -0.39 is 5.97 Å². The molecule has 1 atom stereocenters. The Morgan fingerprint density at radius 2 is 1.90 bits per heavy atom. The summed E-state index contributed by atoms with van der Waals surface area (Å²) in [5, 5.41) is 9.20. The molecule has 0 aromatic heterocycles. The summed E-state index contributed by atoms with van der Waals surface area (Å²) in [6, 6.07) is 8.48. The van der Waals surface area contributed by atoms with Crippen molar-refractivity contribution in [2.75, 3.05) is 13.2 Å². The van der Waals surface area contributed by atoms with Gasteiger partial charge in [0.15, 0.2) is 0 Å². The minimum absolute atomic E-state index is 0.201. The number of rotatable bonds is 5. The molecule has 1 aliphatic heterocycles. The number of carboxylic acid groups (broad SMARTS) is 1. The molecule has 3 heteroatoms. The summed E-state index contributed by atoms with van der Waals surface area (Å²) in [7, 11) is 0. The van der Waals surface area contributed by atoms with Crippen molar-refractivity contribution in [2.24, 2.45) is 5.92 Å². The number of hydrogen-bond acceptors (Lipinski definition) is 2. The Morgan fingerprint density at radius 3 is 2.55 bits per heavy atom. The Balaban J connectivity index is 1.88. The molecule has 1 saturated carbocycles. The van der Waals surface area contributed by atoms with Gasteiger partial charge in [-0.05, 0) is 54.6 Å². The van der Waals surface area contributed by atoms with Gasteiger partial charge in [-0.3, -0.25) is 4.79 Å². The first-order valence-electron chi connectivity index (χ1n) is 7.64. The Bertz CT molecular complexity index is 473. The van der Waals surface area contributed by atoms with Crippen LogP contribution in [0.25, 0.3) is 0 Å². The molecule has 1 aromatic carbocycles. The van der Waals surface area contributed by atoms with Crippen LogP contribution >= 0.6 is 0 Å². The lowest BCUT2D eigenvalue weighted by Crippen LogP contribution is -2.18. The Kier molecular flexibility index (Phi) is 4.06. The number of benzene rings is 1. The fraction of sp³-hybridized carbons (Fsp3) is 0.588. The minimum Gasteiger partial charge on any atom is -0.481 e. The van der Waals surface area contributed by atoms with Crippen molar-refractivity contribution in [1.29, 1.82) is 0 Å². The van der Waals surface area contributed by atoms with E-state index in [1.54, 1.807) is 0 Å². The molecule has 2 aliphatic rings. The first-order chi connectivity index (χ1) is 9.75. The van der Waals surface area contributed by atoms with Gasteiger partial charge in [-0.25, -0.2) is 0 Å². The molecule has 0 bridgehead atoms. The number of carbonyl (C=O) groups is 1. The van der Waals surface area contributed by atoms with E-state index in [0.29, 0.717) is 11.8 Å². The van der Waals surface area contributed by atoms with Gasteiger partial charge in [0.05, 0.1) is 6.42 Å². The highest BCUT2D eigenvalue weighted by atomic mass is 16.5. The van der Waals surface area contributed by atoms with Gasteiger partial charge in [-0.1, -0.05) is 24.3 Å². The normalized spacial score (nSPS) is 21.6. The third kappa shape index (κ3) is 3.04. The van der Waals surface area contributed by atoms with Crippen molar-refractivity contribution in [1.82, 2.24) is 0 Å². The first-order valence-corrected chi connectivity index (χ1v) is 7.64. The molecular formula is C17H22O3. The van der Waals surface area contributed by atoms with E-state index in [1.807, 2.05) is 0 Å². The van der Waals surface area contributed by atoms with Crippen LogP contribution in [-0.2, 0) is 9.53 Å². The quantitative estimate of drug-likeness (QED) is 0.893. The second kappa shape index (κ2) is 5.96. The molecule has 1 aromatic rings. The molecule has 1 saturated heterocycles. The molecule has 0 radical (unpaired) electrons. The number of carboxylic acids is 1. The van der Waals surface area contributed by atoms with Gasteiger partial charge in [0.25, 0.3) is 0 Å². The minimum atomic E-state index is -0.677. The number of aliphatic carboxylic acids is 1. The summed E-state index contributed by atoms with van der Waals surface area (Å²) in [5.41, 5.74) is 2.65. The topological polar surface area (TPSA) is 46.5 Å². The molecule has 1 aliphatic carbocycles. The van der Waals surface area contributed by atoms with Crippen molar-refractivity contribution in [2.45, 2.75) is 43.9 Å². The summed E-state index contributed by atoms with van der Waals surface area (Å²) in [4.78, 5) is 11.2. The second-order valence-electron chi connectivity index (χ2n) is 6.06. The monoisotopic (exact) mass is 274 g/mol. The predicted octanol–water partition coefficient (Wildman–Crippen LogP) is 3.55. The Hall–Kier alpha value is -1.35. The largest absolute Gasteiger partial charge is 0.481 e. The van der Waals surface area contributed by atoms with Crippen molar-refractivity contribution < 1.29 is 14.6 Å². The van der Waals surface area contributed by atoms with Crippen LogP contribution in [0, 0.1) is 5.92 Å². The number of hydrogen-bond donors (Lipinski definition) is 1. The van der Waals surface area contributed by atoms with Crippen molar-refractivity contribution >= 4 is 5.97 Å². The van der Waals surface area contributed by atoms with Crippen LogP contribution in [0.1, 0.15) is 55.1 Å². The predicted molar refractivity (Wildman–Crippen MR) is 77.0 cm³/mol. The van der Waals surface area contributed by atoms with E-state index in [4.69, 9.17) is 4.74 Å². The van der Waals surface area contributed by atoms with Gasteiger partial charge in [0.1, 0.15) is 0 Å². The van der Waals surface area contributed by atoms with Crippen LogP contribution in [0.5, 0.6) is 0 Å². The summed E-state index contributed by atoms with van der Waals surface area (Å²) in [6.45, 7) is 1.65. The maximum absolute atomic E-state index is 11.2. The second-order valence-corrected chi connectivity index (χ2v) is 6.06. The van der Waals surface area contributed by atoms with Gasteiger partial charge in [0.2, 0.25) is 0 Å². The van der Waals surface area contributed by atoms with E-state index in [-0.39, 0.29) is 12.3 Å². The zero-order valence-electron chi connectivity index (χ0n) is 11.8.